The zero-order chi connectivity index (χ0) is 20.9. The van der Waals surface area contributed by atoms with Crippen LogP contribution in [0.4, 0.5) is 5.69 Å². The molecule has 1 saturated heterocycles. The Hall–Kier alpha value is -3.42. The number of carbonyl (C=O) groups excluding carboxylic acids is 2. The van der Waals surface area contributed by atoms with Crippen molar-refractivity contribution in [3.8, 4) is 0 Å². The van der Waals surface area contributed by atoms with Gasteiger partial charge in [0.25, 0.3) is 0 Å². The highest BCUT2D eigenvalue weighted by Gasteiger charge is 2.30. The van der Waals surface area contributed by atoms with Gasteiger partial charge >= 0.3 is 0 Å². The number of anilines is 1. The van der Waals surface area contributed by atoms with Crippen LogP contribution < -0.4 is 5.32 Å². The average molecular weight is 406 g/mol. The van der Waals surface area contributed by atoms with Crippen molar-refractivity contribution in [3.05, 3.63) is 66.5 Å². The Morgan fingerprint density at radius 1 is 1.23 bits per heavy atom. The number of likely N-dealkylation sites (tertiary alicyclic amines) is 1. The van der Waals surface area contributed by atoms with Crippen LogP contribution in [-0.4, -0.2) is 49.1 Å². The lowest BCUT2D eigenvalue weighted by atomic mass is 10.1. The normalized spacial score (nSPS) is 16.0. The van der Waals surface area contributed by atoms with Crippen molar-refractivity contribution in [1.82, 2.24) is 24.2 Å². The van der Waals surface area contributed by atoms with E-state index in [4.69, 9.17) is 0 Å². The molecule has 0 bridgehead atoms. The number of imidazole rings is 1. The van der Waals surface area contributed by atoms with E-state index in [9.17, 15) is 9.59 Å². The number of hydrogen-bond acceptors (Lipinski definition) is 4. The monoisotopic (exact) mass is 406 g/mol. The Morgan fingerprint density at radius 2 is 2.13 bits per heavy atom. The molecule has 30 heavy (non-hydrogen) atoms. The molecule has 1 atom stereocenters. The predicted octanol–water partition coefficient (Wildman–Crippen LogP) is 2.31. The van der Waals surface area contributed by atoms with Gasteiger partial charge in [-0.15, -0.1) is 0 Å². The van der Waals surface area contributed by atoms with E-state index in [-0.39, 0.29) is 17.7 Å². The van der Waals surface area contributed by atoms with Gasteiger partial charge in [0, 0.05) is 62.6 Å². The van der Waals surface area contributed by atoms with Gasteiger partial charge in [-0.2, -0.15) is 5.10 Å². The van der Waals surface area contributed by atoms with E-state index in [1.165, 1.54) is 0 Å². The predicted molar refractivity (Wildman–Crippen MR) is 113 cm³/mol. The lowest BCUT2D eigenvalue weighted by molar-refractivity contribution is -0.130. The Balaban J connectivity index is 1.28. The first-order valence-corrected chi connectivity index (χ1v) is 10.2. The average Bonchev–Trinajstić information content (AvgIpc) is 3.49. The minimum atomic E-state index is -0.183. The molecule has 2 amide bonds. The summed E-state index contributed by atoms with van der Waals surface area (Å²) in [6.07, 6.45) is 8.24. The van der Waals surface area contributed by atoms with E-state index < -0.39 is 0 Å². The highest BCUT2D eigenvalue weighted by Crippen LogP contribution is 2.20. The summed E-state index contributed by atoms with van der Waals surface area (Å²) in [6.45, 7) is 4.32. The fraction of sp³-hybridized carbons (Fsp3) is 0.364. The molecule has 1 aromatic carbocycles. The minimum absolute atomic E-state index is 0.0343. The van der Waals surface area contributed by atoms with Gasteiger partial charge < -0.3 is 14.8 Å². The molecule has 1 fully saturated rings. The Kier molecular flexibility index (Phi) is 5.92. The summed E-state index contributed by atoms with van der Waals surface area (Å²) < 4.78 is 3.81. The van der Waals surface area contributed by atoms with Gasteiger partial charge in [-0.05, 0) is 37.1 Å². The summed E-state index contributed by atoms with van der Waals surface area (Å²) in [5, 5.41) is 7.22. The maximum absolute atomic E-state index is 12.7. The summed E-state index contributed by atoms with van der Waals surface area (Å²) in [5.74, 6) is -0.145. The van der Waals surface area contributed by atoms with E-state index in [1.54, 1.807) is 23.6 Å². The highest BCUT2D eigenvalue weighted by atomic mass is 16.2. The SMILES string of the molecule is Cc1ccnn1CCC(=O)N1CCC(C(=O)Nc2cccc(Cn3ccnc3)c2)C1. The summed E-state index contributed by atoms with van der Waals surface area (Å²) in [6, 6.07) is 9.74. The molecule has 156 valence electrons. The van der Waals surface area contributed by atoms with E-state index in [0.717, 1.165) is 16.9 Å². The summed E-state index contributed by atoms with van der Waals surface area (Å²) in [5.41, 5.74) is 2.90. The van der Waals surface area contributed by atoms with E-state index >= 15 is 0 Å². The molecule has 0 aliphatic carbocycles. The van der Waals surface area contributed by atoms with Crippen molar-refractivity contribution in [2.24, 2.45) is 5.92 Å². The maximum atomic E-state index is 12.7. The lowest BCUT2D eigenvalue weighted by Gasteiger charge is -2.17. The number of nitrogens with zero attached hydrogens (tertiary/aromatic N) is 5. The first-order valence-electron chi connectivity index (χ1n) is 10.2. The molecule has 8 heteroatoms. The van der Waals surface area contributed by atoms with Crippen LogP contribution in [0.5, 0.6) is 0 Å². The lowest BCUT2D eigenvalue weighted by Crippen LogP contribution is -2.32. The van der Waals surface area contributed by atoms with Crippen LogP contribution in [-0.2, 0) is 22.7 Å². The molecule has 0 saturated carbocycles. The quantitative estimate of drug-likeness (QED) is 0.653. The van der Waals surface area contributed by atoms with Gasteiger partial charge in [-0.3, -0.25) is 14.3 Å². The molecule has 2 aromatic heterocycles. The summed E-state index contributed by atoms with van der Waals surface area (Å²) in [4.78, 5) is 31.1. The van der Waals surface area contributed by atoms with Crippen LogP contribution in [0, 0.1) is 12.8 Å². The van der Waals surface area contributed by atoms with Crippen LogP contribution in [0.1, 0.15) is 24.1 Å². The van der Waals surface area contributed by atoms with Crippen LogP contribution in [0.25, 0.3) is 0 Å². The topological polar surface area (TPSA) is 85.0 Å². The molecule has 0 spiro atoms. The largest absolute Gasteiger partial charge is 0.342 e. The second-order valence-corrected chi connectivity index (χ2v) is 7.70. The molecule has 1 unspecified atom stereocenters. The van der Waals surface area contributed by atoms with Crippen molar-refractivity contribution in [3.63, 3.8) is 0 Å². The first kappa shape index (κ1) is 19.9. The second kappa shape index (κ2) is 8.94. The van der Waals surface area contributed by atoms with Crippen LogP contribution >= 0.6 is 0 Å². The van der Waals surface area contributed by atoms with Gasteiger partial charge in [0.15, 0.2) is 0 Å². The highest BCUT2D eigenvalue weighted by molar-refractivity contribution is 5.93. The third-order valence-electron chi connectivity index (χ3n) is 5.50. The molecule has 8 nitrogen and oxygen atoms in total. The molecular weight excluding hydrogens is 380 g/mol. The summed E-state index contributed by atoms with van der Waals surface area (Å²) >= 11 is 0. The molecule has 1 aliphatic heterocycles. The third kappa shape index (κ3) is 4.76. The van der Waals surface area contributed by atoms with E-state index in [1.807, 2.05) is 52.7 Å². The molecule has 4 rings (SSSR count). The van der Waals surface area contributed by atoms with Gasteiger partial charge in [0.1, 0.15) is 0 Å². The van der Waals surface area contributed by atoms with E-state index in [2.05, 4.69) is 15.4 Å². The third-order valence-corrected chi connectivity index (χ3v) is 5.50. The van der Waals surface area contributed by atoms with Gasteiger partial charge in [0.2, 0.25) is 11.8 Å². The molecule has 1 N–H and O–H groups in total. The van der Waals surface area contributed by atoms with Crippen LogP contribution in [0.2, 0.25) is 0 Å². The molecular formula is C22H26N6O2. The van der Waals surface area contributed by atoms with Crippen molar-refractivity contribution < 1.29 is 9.59 Å². The smallest absolute Gasteiger partial charge is 0.229 e. The van der Waals surface area contributed by atoms with Gasteiger partial charge in [0.05, 0.1) is 12.2 Å². The maximum Gasteiger partial charge on any atom is 0.229 e. The number of carbonyl (C=O) groups is 2. The Morgan fingerprint density at radius 3 is 2.90 bits per heavy atom. The molecule has 3 aromatic rings. The zero-order valence-electron chi connectivity index (χ0n) is 17.1. The molecule has 0 radical (unpaired) electrons. The number of benzene rings is 1. The number of nitrogens with one attached hydrogen (secondary N) is 1. The fourth-order valence-corrected chi connectivity index (χ4v) is 3.78. The molecule has 3 heterocycles. The van der Waals surface area contributed by atoms with Crippen LogP contribution in [0.3, 0.4) is 0 Å². The molecule has 1 aliphatic rings. The minimum Gasteiger partial charge on any atom is -0.342 e. The first-order chi connectivity index (χ1) is 14.6. The van der Waals surface area contributed by atoms with Crippen molar-refractivity contribution >= 4 is 17.5 Å². The number of aryl methyl sites for hydroxylation is 2. The Bertz CT molecular complexity index is 1010. The number of rotatable bonds is 7. The second-order valence-electron chi connectivity index (χ2n) is 7.70. The van der Waals surface area contributed by atoms with E-state index in [0.29, 0.717) is 39.0 Å². The van der Waals surface area contributed by atoms with Gasteiger partial charge in [-0.25, -0.2) is 4.98 Å². The van der Waals surface area contributed by atoms with Crippen molar-refractivity contribution in [2.75, 3.05) is 18.4 Å². The van der Waals surface area contributed by atoms with Crippen molar-refractivity contribution in [1.29, 1.82) is 0 Å². The standard InChI is InChI=1S/C22H26N6O2/c1-17-5-8-24-28(17)11-7-21(29)27-10-6-19(15-27)22(30)25-20-4-2-3-18(13-20)14-26-12-9-23-16-26/h2-5,8-9,12-13,16,19H,6-7,10-11,14-15H2,1H3,(H,25,30). The summed E-state index contributed by atoms with van der Waals surface area (Å²) in [7, 11) is 0. The Labute approximate surface area is 175 Å². The number of aromatic nitrogens is 4. The fourth-order valence-electron chi connectivity index (χ4n) is 3.78. The van der Waals surface area contributed by atoms with Crippen molar-refractivity contribution in [2.45, 2.75) is 32.9 Å². The number of amides is 2. The number of hydrogen-bond donors (Lipinski definition) is 1. The van der Waals surface area contributed by atoms with Crippen LogP contribution in [0.15, 0.2) is 55.2 Å². The van der Waals surface area contributed by atoms with Gasteiger partial charge in [-0.1, -0.05) is 12.1 Å². The zero-order valence-corrected chi connectivity index (χ0v) is 17.1.